The van der Waals surface area contributed by atoms with Crippen LogP contribution < -0.4 is 0 Å². The summed E-state index contributed by atoms with van der Waals surface area (Å²) in [6, 6.07) is 3.71. The Balaban J connectivity index is 2.95. The zero-order valence-corrected chi connectivity index (χ0v) is 12.6. The molecule has 1 aromatic rings. The maximum atomic E-state index is 12.3. The minimum Gasteiger partial charge on any atom is -0.338 e. The number of pyridine rings is 1. The van der Waals surface area contributed by atoms with Crippen molar-refractivity contribution in [2.24, 2.45) is 5.41 Å². The van der Waals surface area contributed by atoms with Gasteiger partial charge in [-0.05, 0) is 40.4 Å². The molecule has 0 N–H and O–H groups in total. The Bertz CT molecular complexity index is 412. The molecule has 0 radical (unpaired) electrons. The van der Waals surface area contributed by atoms with E-state index in [0.29, 0.717) is 10.2 Å². The van der Waals surface area contributed by atoms with Crippen LogP contribution in [0.5, 0.6) is 0 Å². The van der Waals surface area contributed by atoms with E-state index in [-0.39, 0.29) is 17.4 Å². The lowest BCUT2D eigenvalue weighted by Crippen LogP contribution is -2.43. The first-order valence-electron chi connectivity index (χ1n) is 5.63. The first-order valence-corrected chi connectivity index (χ1v) is 6.42. The van der Waals surface area contributed by atoms with Crippen molar-refractivity contribution in [3.63, 3.8) is 0 Å². The van der Waals surface area contributed by atoms with Crippen LogP contribution >= 0.6 is 15.9 Å². The number of carbonyl (C=O) groups is 1. The van der Waals surface area contributed by atoms with Crippen LogP contribution in [0.3, 0.4) is 0 Å². The van der Waals surface area contributed by atoms with Gasteiger partial charge in [0.15, 0.2) is 0 Å². The number of amides is 1. The van der Waals surface area contributed by atoms with Gasteiger partial charge in [0.2, 0.25) is 0 Å². The Morgan fingerprint density at radius 1 is 1.47 bits per heavy atom. The van der Waals surface area contributed by atoms with Gasteiger partial charge in [0.25, 0.3) is 5.91 Å². The van der Waals surface area contributed by atoms with Gasteiger partial charge in [0.1, 0.15) is 4.60 Å². The van der Waals surface area contributed by atoms with E-state index in [1.54, 1.807) is 23.2 Å². The van der Waals surface area contributed by atoms with Gasteiger partial charge in [-0.15, -0.1) is 0 Å². The van der Waals surface area contributed by atoms with Gasteiger partial charge < -0.3 is 4.90 Å². The van der Waals surface area contributed by atoms with Crippen molar-refractivity contribution in [2.45, 2.75) is 33.7 Å². The molecule has 0 saturated heterocycles. The van der Waals surface area contributed by atoms with Crippen LogP contribution in [0.1, 0.15) is 38.1 Å². The lowest BCUT2D eigenvalue weighted by molar-refractivity contribution is 0.0628. The molecule has 17 heavy (non-hydrogen) atoms. The summed E-state index contributed by atoms with van der Waals surface area (Å²) in [6.45, 7) is 8.43. The van der Waals surface area contributed by atoms with Gasteiger partial charge in [-0.1, -0.05) is 20.8 Å². The Kier molecular flexibility index (Phi) is 4.31. The number of hydrogen-bond donors (Lipinski definition) is 0. The van der Waals surface area contributed by atoms with Gasteiger partial charge in [-0.2, -0.15) is 0 Å². The normalized spacial score (nSPS) is 13.3. The highest BCUT2D eigenvalue weighted by molar-refractivity contribution is 9.10. The quantitative estimate of drug-likeness (QED) is 0.785. The second kappa shape index (κ2) is 5.17. The third-order valence-corrected chi connectivity index (χ3v) is 3.78. The summed E-state index contributed by atoms with van der Waals surface area (Å²) in [4.78, 5) is 18.1. The first-order chi connectivity index (χ1) is 7.75. The van der Waals surface area contributed by atoms with Crippen LogP contribution in [0.25, 0.3) is 0 Å². The molecule has 1 atom stereocenters. The second-order valence-electron chi connectivity index (χ2n) is 5.30. The molecule has 0 aliphatic rings. The third-order valence-electron chi connectivity index (χ3n) is 3.14. The Morgan fingerprint density at radius 3 is 2.53 bits per heavy atom. The molecule has 0 aliphatic heterocycles. The SMILES string of the molecule is CC(N(C)C(=O)c1cccnc1Br)C(C)(C)C. The molecule has 3 nitrogen and oxygen atoms in total. The summed E-state index contributed by atoms with van der Waals surface area (Å²) in [7, 11) is 1.83. The minimum atomic E-state index is -0.00704. The second-order valence-corrected chi connectivity index (χ2v) is 6.05. The van der Waals surface area contributed by atoms with E-state index in [4.69, 9.17) is 0 Å². The van der Waals surface area contributed by atoms with Gasteiger partial charge in [-0.3, -0.25) is 4.79 Å². The van der Waals surface area contributed by atoms with Crippen LogP contribution in [0, 0.1) is 5.41 Å². The molecule has 0 aromatic carbocycles. The molecular weight excluding hydrogens is 280 g/mol. The lowest BCUT2D eigenvalue weighted by atomic mass is 9.87. The van der Waals surface area contributed by atoms with Crippen LogP contribution in [0.4, 0.5) is 0 Å². The van der Waals surface area contributed by atoms with E-state index >= 15 is 0 Å². The van der Waals surface area contributed by atoms with E-state index in [1.165, 1.54) is 0 Å². The minimum absolute atomic E-state index is 0.00704. The van der Waals surface area contributed by atoms with Crippen LogP contribution in [-0.2, 0) is 0 Å². The zero-order valence-electron chi connectivity index (χ0n) is 11.0. The van der Waals surface area contributed by atoms with Crippen molar-refractivity contribution in [1.29, 1.82) is 0 Å². The fourth-order valence-corrected chi connectivity index (χ4v) is 1.91. The predicted molar refractivity (Wildman–Crippen MR) is 72.9 cm³/mol. The molecule has 0 spiro atoms. The predicted octanol–water partition coefficient (Wildman–Crippen LogP) is 3.35. The molecule has 1 heterocycles. The highest BCUT2D eigenvalue weighted by Gasteiger charge is 2.28. The summed E-state index contributed by atoms with van der Waals surface area (Å²) in [6.07, 6.45) is 1.66. The summed E-state index contributed by atoms with van der Waals surface area (Å²) in [5, 5.41) is 0. The zero-order chi connectivity index (χ0) is 13.2. The number of nitrogens with zero attached hydrogens (tertiary/aromatic N) is 2. The summed E-state index contributed by atoms with van der Waals surface area (Å²) < 4.78 is 0.595. The summed E-state index contributed by atoms with van der Waals surface area (Å²) in [5.41, 5.74) is 0.658. The highest BCUT2D eigenvalue weighted by atomic mass is 79.9. The molecule has 1 amide bonds. The van der Waals surface area contributed by atoms with Gasteiger partial charge in [0.05, 0.1) is 5.56 Å². The monoisotopic (exact) mass is 298 g/mol. The average molecular weight is 299 g/mol. The van der Waals surface area contributed by atoms with Crippen LogP contribution in [0.15, 0.2) is 22.9 Å². The van der Waals surface area contributed by atoms with Gasteiger partial charge in [0, 0.05) is 19.3 Å². The van der Waals surface area contributed by atoms with Crippen LogP contribution in [0.2, 0.25) is 0 Å². The van der Waals surface area contributed by atoms with Crippen molar-refractivity contribution < 1.29 is 4.79 Å². The highest BCUT2D eigenvalue weighted by Crippen LogP contribution is 2.25. The van der Waals surface area contributed by atoms with Crippen molar-refractivity contribution >= 4 is 21.8 Å². The molecule has 0 aliphatic carbocycles. The topological polar surface area (TPSA) is 33.2 Å². The van der Waals surface area contributed by atoms with E-state index in [0.717, 1.165) is 0 Å². The number of carbonyl (C=O) groups excluding carboxylic acids is 1. The smallest absolute Gasteiger partial charge is 0.256 e. The molecule has 1 unspecified atom stereocenters. The Hall–Kier alpha value is -0.900. The first kappa shape index (κ1) is 14.2. The average Bonchev–Trinajstić information content (AvgIpc) is 2.25. The molecule has 4 heteroatoms. The molecule has 0 saturated carbocycles. The van der Waals surface area contributed by atoms with Gasteiger partial charge >= 0.3 is 0 Å². The summed E-state index contributed by atoms with van der Waals surface area (Å²) in [5.74, 6) is -0.00704. The van der Waals surface area contributed by atoms with Crippen molar-refractivity contribution in [3.8, 4) is 0 Å². The van der Waals surface area contributed by atoms with Crippen molar-refractivity contribution in [3.05, 3.63) is 28.5 Å². The Morgan fingerprint density at radius 2 is 2.06 bits per heavy atom. The third kappa shape index (κ3) is 3.28. The lowest BCUT2D eigenvalue weighted by Gasteiger charge is -2.35. The van der Waals surface area contributed by atoms with Crippen molar-refractivity contribution in [1.82, 2.24) is 9.88 Å². The maximum Gasteiger partial charge on any atom is 0.256 e. The number of rotatable bonds is 2. The molecular formula is C13H19BrN2O. The molecule has 1 rings (SSSR count). The van der Waals surface area contributed by atoms with E-state index in [1.807, 2.05) is 7.05 Å². The largest absolute Gasteiger partial charge is 0.338 e. The fourth-order valence-electron chi connectivity index (χ4n) is 1.49. The number of halogens is 1. The fraction of sp³-hybridized carbons (Fsp3) is 0.538. The Labute approximate surface area is 111 Å². The molecule has 1 aromatic heterocycles. The van der Waals surface area contributed by atoms with Gasteiger partial charge in [-0.25, -0.2) is 4.98 Å². The van der Waals surface area contributed by atoms with E-state index in [9.17, 15) is 4.79 Å². The number of aromatic nitrogens is 1. The number of hydrogen-bond acceptors (Lipinski definition) is 2. The molecule has 94 valence electrons. The maximum absolute atomic E-state index is 12.3. The summed E-state index contributed by atoms with van der Waals surface area (Å²) >= 11 is 3.31. The molecule has 0 bridgehead atoms. The van der Waals surface area contributed by atoms with E-state index < -0.39 is 0 Å². The molecule has 0 fully saturated rings. The van der Waals surface area contributed by atoms with E-state index in [2.05, 4.69) is 48.6 Å². The standard InChI is InChI=1S/C13H19BrN2O/c1-9(13(2,3)4)16(5)12(17)10-7-6-8-15-11(10)14/h6-9H,1-5H3. The van der Waals surface area contributed by atoms with Crippen LogP contribution in [-0.4, -0.2) is 28.9 Å². The van der Waals surface area contributed by atoms with Crippen molar-refractivity contribution in [2.75, 3.05) is 7.05 Å².